The third-order valence-corrected chi connectivity index (χ3v) is 3.41. The van der Waals surface area contributed by atoms with Crippen LogP contribution in [0.3, 0.4) is 0 Å². The molecule has 5 nitrogen and oxygen atoms in total. The lowest BCUT2D eigenvalue weighted by Gasteiger charge is -2.05. The summed E-state index contributed by atoms with van der Waals surface area (Å²) < 4.78 is 7.17. The molecule has 0 amide bonds. The number of carbonyl (C=O) groups is 1. The van der Waals surface area contributed by atoms with E-state index in [0.717, 1.165) is 22.7 Å². The number of rotatable bonds is 5. The van der Waals surface area contributed by atoms with Crippen LogP contribution in [-0.4, -0.2) is 27.5 Å². The third-order valence-electron chi connectivity index (χ3n) is 3.41. The van der Waals surface area contributed by atoms with Crippen LogP contribution in [0.2, 0.25) is 0 Å². The van der Waals surface area contributed by atoms with Crippen LogP contribution in [0.25, 0.3) is 16.9 Å². The molecule has 1 N–H and O–H groups in total. The van der Waals surface area contributed by atoms with Gasteiger partial charge in [-0.15, -0.1) is 0 Å². The molecule has 2 aromatic carbocycles. The van der Waals surface area contributed by atoms with Crippen LogP contribution >= 0.6 is 0 Å². The van der Waals surface area contributed by atoms with Crippen molar-refractivity contribution in [2.75, 3.05) is 6.61 Å². The Kier molecular flexibility index (Phi) is 4.10. The molecule has 23 heavy (non-hydrogen) atoms. The lowest BCUT2D eigenvalue weighted by atomic mass is 10.1. The Morgan fingerprint density at radius 3 is 2.65 bits per heavy atom. The van der Waals surface area contributed by atoms with Crippen molar-refractivity contribution in [1.82, 2.24) is 9.78 Å². The Balaban J connectivity index is 1.88. The smallest absolute Gasteiger partial charge is 0.335 e. The molecule has 3 rings (SSSR count). The van der Waals surface area contributed by atoms with Crippen molar-refractivity contribution >= 4 is 5.97 Å². The van der Waals surface area contributed by atoms with Crippen LogP contribution in [0.4, 0.5) is 0 Å². The van der Waals surface area contributed by atoms with Gasteiger partial charge in [0.15, 0.2) is 0 Å². The summed E-state index contributed by atoms with van der Waals surface area (Å²) in [7, 11) is 0. The van der Waals surface area contributed by atoms with Gasteiger partial charge in [-0.1, -0.05) is 12.1 Å². The largest absolute Gasteiger partial charge is 0.494 e. The van der Waals surface area contributed by atoms with Gasteiger partial charge in [0, 0.05) is 11.8 Å². The van der Waals surface area contributed by atoms with E-state index in [4.69, 9.17) is 9.84 Å². The van der Waals surface area contributed by atoms with E-state index in [1.165, 1.54) is 0 Å². The molecular weight excluding hydrogens is 292 g/mol. The van der Waals surface area contributed by atoms with Crippen LogP contribution in [-0.2, 0) is 0 Å². The highest BCUT2D eigenvalue weighted by Crippen LogP contribution is 2.21. The average molecular weight is 308 g/mol. The lowest BCUT2D eigenvalue weighted by Crippen LogP contribution is -1.97. The molecule has 0 saturated carbocycles. The summed E-state index contributed by atoms with van der Waals surface area (Å²) in [5.41, 5.74) is 2.66. The molecule has 0 radical (unpaired) electrons. The van der Waals surface area contributed by atoms with Gasteiger partial charge in [0.2, 0.25) is 0 Å². The molecule has 0 aliphatic carbocycles. The lowest BCUT2D eigenvalue weighted by molar-refractivity contribution is 0.0697. The van der Waals surface area contributed by atoms with Gasteiger partial charge >= 0.3 is 5.97 Å². The fourth-order valence-electron chi connectivity index (χ4n) is 2.30. The Morgan fingerprint density at radius 2 is 1.96 bits per heavy atom. The highest BCUT2D eigenvalue weighted by molar-refractivity contribution is 5.89. The van der Waals surface area contributed by atoms with Crippen LogP contribution in [0.5, 0.6) is 5.75 Å². The Morgan fingerprint density at radius 1 is 1.17 bits per heavy atom. The van der Waals surface area contributed by atoms with Crippen molar-refractivity contribution in [3.05, 3.63) is 66.4 Å². The van der Waals surface area contributed by atoms with Crippen molar-refractivity contribution in [2.45, 2.75) is 6.92 Å². The predicted octanol–water partition coefficient (Wildman–Crippen LogP) is 3.64. The molecule has 1 heterocycles. The number of ether oxygens (including phenoxy) is 1. The molecular formula is C18H16N2O3. The fraction of sp³-hybridized carbons (Fsp3) is 0.111. The number of aromatic nitrogens is 2. The number of benzene rings is 2. The zero-order valence-corrected chi connectivity index (χ0v) is 12.6. The first-order chi connectivity index (χ1) is 11.2. The highest BCUT2D eigenvalue weighted by atomic mass is 16.5. The maximum Gasteiger partial charge on any atom is 0.335 e. The summed E-state index contributed by atoms with van der Waals surface area (Å²) in [5.74, 6) is -0.129. The monoisotopic (exact) mass is 308 g/mol. The molecule has 1 aromatic heterocycles. The maximum absolute atomic E-state index is 11.1. The van der Waals surface area contributed by atoms with Crippen molar-refractivity contribution < 1.29 is 14.6 Å². The molecule has 5 heteroatoms. The number of carboxylic acid groups (broad SMARTS) is 1. The van der Waals surface area contributed by atoms with Gasteiger partial charge < -0.3 is 9.84 Å². The van der Waals surface area contributed by atoms with Crippen molar-refractivity contribution in [1.29, 1.82) is 0 Å². The number of nitrogens with zero attached hydrogens (tertiary/aromatic N) is 2. The summed E-state index contributed by atoms with van der Waals surface area (Å²) in [4.78, 5) is 11.1. The van der Waals surface area contributed by atoms with Gasteiger partial charge in [0.1, 0.15) is 5.75 Å². The van der Waals surface area contributed by atoms with E-state index >= 15 is 0 Å². The molecule has 0 saturated heterocycles. The van der Waals surface area contributed by atoms with Crippen LogP contribution in [0.15, 0.2) is 60.8 Å². The summed E-state index contributed by atoms with van der Waals surface area (Å²) in [5, 5.41) is 13.6. The van der Waals surface area contributed by atoms with Crippen LogP contribution in [0.1, 0.15) is 17.3 Å². The Bertz CT molecular complexity index is 822. The topological polar surface area (TPSA) is 64.3 Å². The number of carboxylic acids is 1. The molecule has 0 bridgehead atoms. The molecule has 0 aliphatic heterocycles. The molecule has 0 atom stereocenters. The van der Waals surface area contributed by atoms with Gasteiger partial charge in [0.05, 0.1) is 23.6 Å². The Hall–Kier alpha value is -3.08. The molecule has 116 valence electrons. The van der Waals surface area contributed by atoms with Crippen LogP contribution in [0, 0.1) is 0 Å². The number of hydrogen-bond acceptors (Lipinski definition) is 3. The quantitative estimate of drug-likeness (QED) is 0.781. The van der Waals surface area contributed by atoms with E-state index in [1.807, 2.05) is 49.5 Å². The minimum atomic E-state index is -0.946. The first kappa shape index (κ1) is 14.8. The molecule has 0 spiro atoms. The number of hydrogen-bond donors (Lipinski definition) is 1. The first-order valence-electron chi connectivity index (χ1n) is 7.30. The third kappa shape index (κ3) is 3.23. The van der Waals surface area contributed by atoms with Crippen molar-refractivity contribution in [3.63, 3.8) is 0 Å². The fourth-order valence-corrected chi connectivity index (χ4v) is 2.30. The number of aromatic carboxylic acids is 1. The maximum atomic E-state index is 11.1. The molecule has 3 aromatic rings. The summed E-state index contributed by atoms with van der Waals surface area (Å²) in [6.45, 7) is 2.57. The van der Waals surface area contributed by atoms with E-state index in [-0.39, 0.29) is 5.56 Å². The summed E-state index contributed by atoms with van der Waals surface area (Å²) in [6, 6.07) is 16.2. The normalized spacial score (nSPS) is 10.5. The van der Waals surface area contributed by atoms with E-state index < -0.39 is 5.97 Å². The Labute approximate surface area is 133 Å². The molecule has 0 fully saturated rings. The molecule has 0 unspecified atom stereocenters. The first-order valence-corrected chi connectivity index (χ1v) is 7.30. The predicted molar refractivity (Wildman–Crippen MR) is 87.1 cm³/mol. The summed E-state index contributed by atoms with van der Waals surface area (Å²) in [6.07, 6.45) is 1.85. The van der Waals surface area contributed by atoms with E-state index in [9.17, 15) is 4.79 Å². The van der Waals surface area contributed by atoms with Crippen molar-refractivity contribution in [2.24, 2.45) is 0 Å². The second-order valence-electron chi connectivity index (χ2n) is 4.96. The SMILES string of the molecule is CCOc1ccc(-n2ccc(-c3cccc(C(=O)O)c3)n2)cc1. The highest BCUT2D eigenvalue weighted by Gasteiger charge is 2.08. The van der Waals surface area contributed by atoms with Crippen molar-refractivity contribution in [3.8, 4) is 22.7 Å². The minimum Gasteiger partial charge on any atom is -0.494 e. The zero-order valence-electron chi connectivity index (χ0n) is 12.6. The molecule has 0 aliphatic rings. The van der Waals surface area contributed by atoms with Gasteiger partial charge in [-0.2, -0.15) is 5.10 Å². The summed E-state index contributed by atoms with van der Waals surface area (Å²) >= 11 is 0. The van der Waals surface area contributed by atoms with Gasteiger partial charge in [0.25, 0.3) is 0 Å². The van der Waals surface area contributed by atoms with E-state index in [2.05, 4.69) is 5.10 Å². The average Bonchev–Trinajstić information content (AvgIpc) is 3.06. The van der Waals surface area contributed by atoms with Crippen LogP contribution < -0.4 is 4.74 Å². The van der Waals surface area contributed by atoms with Gasteiger partial charge in [-0.05, 0) is 49.4 Å². The standard InChI is InChI=1S/C18H16N2O3/c1-2-23-16-8-6-15(7-9-16)20-11-10-17(19-20)13-4-3-5-14(12-13)18(21)22/h3-12H,2H2,1H3,(H,21,22). The second kappa shape index (κ2) is 6.36. The van der Waals surface area contributed by atoms with Gasteiger partial charge in [-0.25, -0.2) is 9.48 Å². The minimum absolute atomic E-state index is 0.248. The zero-order chi connectivity index (χ0) is 16.2. The van der Waals surface area contributed by atoms with Gasteiger partial charge in [-0.3, -0.25) is 0 Å². The van der Waals surface area contributed by atoms with E-state index in [0.29, 0.717) is 6.61 Å². The van der Waals surface area contributed by atoms with E-state index in [1.54, 1.807) is 22.9 Å². The second-order valence-corrected chi connectivity index (χ2v) is 4.96.